The lowest BCUT2D eigenvalue weighted by molar-refractivity contribution is -0.148. The molecule has 1 saturated heterocycles. The van der Waals surface area contributed by atoms with Crippen LogP contribution >= 0.6 is 21.6 Å². The molecule has 0 aromatic heterocycles. The number of hydrogen-bond acceptors (Lipinski definition) is 9. The minimum atomic E-state index is -1.06. The number of nitrogens with zero attached hydrogens (tertiary/aromatic N) is 2. The van der Waals surface area contributed by atoms with Gasteiger partial charge in [0.1, 0.15) is 23.9 Å². The molecule has 11 nitrogen and oxygen atoms in total. The third kappa shape index (κ3) is 11.9. The van der Waals surface area contributed by atoms with Crippen molar-refractivity contribution in [3.05, 3.63) is 29.8 Å². The minimum absolute atomic E-state index is 0.0265. The highest BCUT2D eigenvalue weighted by atomic mass is 33.1. The first-order valence-corrected chi connectivity index (χ1v) is 16.0. The molecule has 40 heavy (non-hydrogen) atoms. The molecule has 1 unspecified atom stereocenters. The Hall–Kier alpha value is -2.48. The van der Waals surface area contributed by atoms with Crippen LogP contribution in [0.3, 0.4) is 0 Å². The molecule has 2 rings (SSSR count). The summed E-state index contributed by atoms with van der Waals surface area (Å²) in [5, 5.41) is 26.1. The third-order valence-corrected chi connectivity index (χ3v) is 8.79. The van der Waals surface area contributed by atoms with Gasteiger partial charge in [-0.2, -0.15) is 0 Å². The van der Waals surface area contributed by atoms with E-state index >= 15 is 0 Å². The molecule has 0 aliphatic carbocycles. The highest BCUT2D eigenvalue weighted by molar-refractivity contribution is 8.76. The lowest BCUT2D eigenvalue weighted by atomic mass is 10.00. The van der Waals surface area contributed by atoms with Crippen LogP contribution in [0.5, 0.6) is 5.75 Å². The summed E-state index contributed by atoms with van der Waals surface area (Å²) < 4.78 is 0. The summed E-state index contributed by atoms with van der Waals surface area (Å²) >= 11 is 0. The molecule has 5 N–H and O–H groups in total. The number of phenols is 1. The second kappa shape index (κ2) is 17.4. The second-order valence-electron chi connectivity index (χ2n) is 10.4. The van der Waals surface area contributed by atoms with Crippen LogP contribution in [0.15, 0.2) is 24.3 Å². The molecule has 3 amide bonds. The summed E-state index contributed by atoms with van der Waals surface area (Å²) in [6.07, 6.45) is 1.94. The number of amides is 3. The predicted octanol–water partition coefficient (Wildman–Crippen LogP) is 1.86. The van der Waals surface area contributed by atoms with Gasteiger partial charge in [0.05, 0.1) is 0 Å². The molecule has 0 radical (unpaired) electrons. The van der Waals surface area contributed by atoms with E-state index in [0.717, 1.165) is 18.1 Å². The Labute approximate surface area is 244 Å². The highest BCUT2D eigenvalue weighted by Gasteiger charge is 2.34. The Kier molecular flexibility index (Phi) is 14.6. The quantitative estimate of drug-likeness (QED) is 0.141. The van der Waals surface area contributed by atoms with E-state index in [2.05, 4.69) is 21.0 Å². The SMILES string of the molecule is CC(C)[C@H](NC(=O)CCCSSCCN(C)C)C(=O)N[C@@H](Cc1cccc(O)c1)C(=O)N1CCCC(C(=O)O)N1. The summed E-state index contributed by atoms with van der Waals surface area (Å²) in [6, 6.07) is 3.60. The van der Waals surface area contributed by atoms with Crippen molar-refractivity contribution in [2.24, 2.45) is 5.92 Å². The van der Waals surface area contributed by atoms with Gasteiger partial charge >= 0.3 is 5.97 Å². The van der Waals surface area contributed by atoms with Gasteiger partial charge in [0, 0.05) is 37.4 Å². The van der Waals surface area contributed by atoms with Gasteiger partial charge in [-0.3, -0.25) is 24.2 Å². The molecular weight excluding hydrogens is 554 g/mol. The number of phenolic OH excluding ortho intramolecular Hbond substituents is 1. The maximum atomic E-state index is 13.5. The molecule has 1 aromatic rings. The minimum Gasteiger partial charge on any atom is -0.508 e. The van der Waals surface area contributed by atoms with Gasteiger partial charge in [0.25, 0.3) is 5.91 Å². The molecule has 0 saturated carbocycles. The summed E-state index contributed by atoms with van der Waals surface area (Å²) in [5.41, 5.74) is 3.36. The molecule has 0 bridgehead atoms. The average molecular weight is 598 g/mol. The number of hydrazine groups is 1. The molecule has 1 aliphatic rings. The van der Waals surface area contributed by atoms with Gasteiger partial charge in [-0.25, -0.2) is 5.43 Å². The summed E-state index contributed by atoms with van der Waals surface area (Å²) in [6.45, 7) is 4.92. The van der Waals surface area contributed by atoms with Crippen molar-refractivity contribution in [3.8, 4) is 5.75 Å². The van der Waals surface area contributed by atoms with Crippen LogP contribution in [-0.4, -0.2) is 101 Å². The summed E-state index contributed by atoms with van der Waals surface area (Å²) in [7, 11) is 7.55. The van der Waals surface area contributed by atoms with Crippen LogP contribution in [0.4, 0.5) is 0 Å². The number of rotatable bonds is 16. The van der Waals surface area contributed by atoms with Gasteiger partial charge in [0.2, 0.25) is 11.8 Å². The fraction of sp³-hybridized carbons (Fsp3) is 0.630. The van der Waals surface area contributed by atoms with Crippen molar-refractivity contribution in [2.75, 3.05) is 38.7 Å². The Balaban J connectivity index is 2.03. The van der Waals surface area contributed by atoms with Crippen LogP contribution < -0.4 is 16.1 Å². The van der Waals surface area contributed by atoms with E-state index in [0.29, 0.717) is 31.4 Å². The van der Waals surface area contributed by atoms with Crippen molar-refractivity contribution in [1.29, 1.82) is 0 Å². The van der Waals surface area contributed by atoms with E-state index in [1.807, 2.05) is 27.9 Å². The predicted molar refractivity (Wildman–Crippen MR) is 159 cm³/mol. The smallest absolute Gasteiger partial charge is 0.322 e. The van der Waals surface area contributed by atoms with Crippen LogP contribution in [0.1, 0.15) is 45.1 Å². The number of carbonyl (C=O) groups is 4. The van der Waals surface area contributed by atoms with Crippen molar-refractivity contribution >= 4 is 45.3 Å². The van der Waals surface area contributed by atoms with Gasteiger partial charge < -0.3 is 25.7 Å². The van der Waals surface area contributed by atoms with Crippen LogP contribution in [0, 0.1) is 5.92 Å². The first kappa shape index (κ1) is 33.7. The van der Waals surface area contributed by atoms with Gasteiger partial charge in [-0.1, -0.05) is 47.6 Å². The fourth-order valence-electron chi connectivity index (χ4n) is 4.10. The Morgan fingerprint density at radius 1 is 1.15 bits per heavy atom. The highest BCUT2D eigenvalue weighted by Crippen LogP contribution is 2.22. The third-order valence-electron chi connectivity index (χ3n) is 6.32. The monoisotopic (exact) mass is 597 g/mol. The van der Waals surface area contributed by atoms with Gasteiger partial charge in [0.15, 0.2) is 0 Å². The van der Waals surface area contributed by atoms with E-state index < -0.39 is 35.9 Å². The molecule has 0 spiro atoms. The average Bonchev–Trinajstić information content (AvgIpc) is 2.90. The standard InChI is InChI=1S/C27H43N5O6S2/c1-18(2)24(29-23(34)11-7-14-39-40-15-13-31(3)4)25(35)28-22(17-19-8-5-9-20(33)16-19)26(36)32-12-6-10-21(30-32)27(37)38/h5,8-9,16,18,21-22,24,30,33H,6-7,10-15,17H2,1-4H3,(H,28,35)(H,29,34)(H,37,38)/t21?,22-,24-/m0/s1. The van der Waals surface area contributed by atoms with Crippen molar-refractivity contribution < 1.29 is 29.4 Å². The Morgan fingerprint density at radius 2 is 1.88 bits per heavy atom. The Morgan fingerprint density at radius 3 is 2.52 bits per heavy atom. The largest absolute Gasteiger partial charge is 0.508 e. The normalized spacial score (nSPS) is 16.9. The van der Waals surface area contributed by atoms with E-state index in [4.69, 9.17) is 0 Å². The maximum absolute atomic E-state index is 13.5. The number of benzene rings is 1. The van der Waals surface area contributed by atoms with E-state index in [1.165, 1.54) is 17.1 Å². The zero-order chi connectivity index (χ0) is 29.7. The van der Waals surface area contributed by atoms with Crippen molar-refractivity contribution in [2.45, 2.75) is 64.1 Å². The van der Waals surface area contributed by atoms with Crippen LogP contribution in [-0.2, 0) is 25.6 Å². The van der Waals surface area contributed by atoms with Crippen molar-refractivity contribution in [3.63, 3.8) is 0 Å². The topological polar surface area (TPSA) is 151 Å². The fourth-order valence-corrected chi connectivity index (χ4v) is 6.32. The lowest BCUT2D eigenvalue weighted by Crippen LogP contribution is -2.61. The molecule has 3 atom stereocenters. The lowest BCUT2D eigenvalue weighted by Gasteiger charge is -2.35. The van der Waals surface area contributed by atoms with E-state index in [1.54, 1.807) is 33.7 Å². The number of carboxylic acids is 1. The number of carbonyl (C=O) groups excluding carboxylic acids is 3. The maximum Gasteiger partial charge on any atom is 0.322 e. The van der Waals surface area contributed by atoms with Gasteiger partial charge in [-0.05, 0) is 57.0 Å². The summed E-state index contributed by atoms with van der Waals surface area (Å²) in [5.74, 6) is -0.650. The molecular formula is C27H43N5O6S2. The van der Waals surface area contributed by atoms with Crippen molar-refractivity contribution in [1.82, 2.24) is 26.0 Å². The van der Waals surface area contributed by atoms with E-state index in [-0.39, 0.29) is 30.4 Å². The zero-order valence-corrected chi connectivity index (χ0v) is 25.4. The molecule has 224 valence electrons. The number of hydrogen-bond donors (Lipinski definition) is 5. The first-order valence-electron chi connectivity index (χ1n) is 13.5. The van der Waals surface area contributed by atoms with Gasteiger partial charge in [-0.15, -0.1) is 0 Å². The molecule has 1 aromatic carbocycles. The number of nitrogens with one attached hydrogen (secondary N) is 3. The number of aromatic hydroxyl groups is 1. The van der Waals surface area contributed by atoms with E-state index in [9.17, 15) is 29.4 Å². The molecule has 1 heterocycles. The number of aliphatic carboxylic acids is 1. The van der Waals surface area contributed by atoms with Crippen LogP contribution in [0.25, 0.3) is 0 Å². The molecule has 1 fully saturated rings. The second-order valence-corrected chi connectivity index (χ2v) is 13.1. The summed E-state index contributed by atoms with van der Waals surface area (Å²) in [4.78, 5) is 53.1. The Bertz CT molecular complexity index is 996. The first-order chi connectivity index (χ1) is 19.0. The zero-order valence-electron chi connectivity index (χ0n) is 23.7. The van der Waals surface area contributed by atoms with Crippen LogP contribution in [0.2, 0.25) is 0 Å². The molecule has 13 heteroatoms. The molecule has 1 aliphatic heterocycles. The number of carboxylic acid groups (broad SMARTS) is 1.